The van der Waals surface area contributed by atoms with E-state index in [9.17, 15) is 17.2 Å². The van der Waals surface area contributed by atoms with E-state index >= 15 is 0 Å². The first-order valence-corrected chi connectivity index (χ1v) is 11.7. The summed E-state index contributed by atoms with van der Waals surface area (Å²) in [5.41, 5.74) is 5.40. The predicted octanol–water partition coefficient (Wildman–Crippen LogP) is 3.45. The summed E-state index contributed by atoms with van der Waals surface area (Å²) in [4.78, 5) is 2.19. The molecule has 2 aromatic carbocycles. The van der Waals surface area contributed by atoms with Crippen molar-refractivity contribution in [2.45, 2.75) is 19.4 Å². The fourth-order valence-electron chi connectivity index (χ4n) is 4.16. The lowest BCUT2D eigenvalue weighted by atomic mass is 10.00. The zero-order valence-electron chi connectivity index (χ0n) is 16.6. The Morgan fingerprint density at radius 2 is 1.76 bits per heavy atom. The van der Waals surface area contributed by atoms with Gasteiger partial charge < -0.3 is 4.57 Å². The molecular formula is C22H24F2N2O2S. The van der Waals surface area contributed by atoms with Crippen molar-refractivity contribution in [1.29, 1.82) is 0 Å². The molecule has 4 rings (SSSR count). The molecule has 154 valence electrons. The Hall–Kier alpha value is -2.25. The van der Waals surface area contributed by atoms with Gasteiger partial charge in [0.1, 0.15) is 9.84 Å². The van der Waals surface area contributed by atoms with Crippen LogP contribution in [0.15, 0.2) is 36.4 Å². The minimum Gasteiger partial charge on any atom is -0.347 e. The Morgan fingerprint density at radius 3 is 2.48 bits per heavy atom. The van der Waals surface area contributed by atoms with Crippen molar-refractivity contribution in [2.24, 2.45) is 7.05 Å². The van der Waals surface area contributed by atoms with Gasteiger partial charge in [-0.3, -0.25) is 4.90 Å². The van der Waals surface area contributed by atoms with Crippen molar-refractivity contribution in [3.05, 3.63) is 70.4 Å². The maximum absolute atomic E-state index is 13.5. The third-order valence-electron chi connectivity index (χ3n) is 5.72. The maximum Gasteiger partial charge on any atom is 0.159 e. The summed E-state index contributed by atoms with van der Waals surface area (Å²) in [6.45, 7) is 2.09. The zero-order chi connectivity index (χ0) is 20.8. The van der Waals surface area contributed by atoms with Crippen LogP contribution in [-0.2, 0) is 36.3 Å². The molecule has 0 saturated carbocycles. The molecule has 0 N–H and O–H groups in total. The highest BCUT2D eigenvalue weighted by Gasteiger charge is 2.23. The molecule has 0 amide bonds. The molecule has 0 atom stereocenters. The average molecular weight is 419 g/mol. The van der Waals surface area contributed by atoms with Gasteiger partial charge in [0.05, 0.1) is 5.75 Å². The molecule has 4 nitrogen and oxygen atoms in total. The first-order valence-electron chi connectivity index (χ1n) is 9.64. The molecule has 1 aromatic heterocycles. The van der Waals surface area contributed by atoms with Crippen LogP contribution in [-0.4, -0.2) is 43.0 Å². The van der Waals surface area contributed by atoms with Crippen LogP contribution < -0.4 is 0 Å². The number of aromatic nitrogens is 1. The third kappa shape index (κ3) is 4.21. The molecule has 1 aliphatic rings. The lowest BCUT2D eigenvalue weighted by Crippen LogP contribution is -2.34. The number of fused-ring (bicyclic) bond motifs is 3. The van der Waals surface area contributed by atoms with Gasteiger partial charge in [0.15, 0.2) is 11.6 Å². The largest absolute Gasteiger partial charge is 0.347 e. The average Bonchev–Trinajstić information content (AvgIpc) is 2.94. The lowest BCUT2D eigenvalue weighted by molar-refractivity contribution is 0.267. The van der Waals surface area contributed by atoms with E-state index in [1.54, 1.807) is 6.07 Å². The highest BCUT2D eigenvalue weighted by molar-refractivity contribution is 7.90. The predicted molar refractivity (Wildman–Crippen MR) is 111 cm³/mol. The zero-order valence-corrected chi connectivity index (χ0v) is 17.4. The van der Waals surface area contributed by atoms with Crippen LogP contribution in [0.2, 0.25) is 0 Å². The fourth-order valence-corrected chi connectivity index (χ4v) is 4.75. The van der Waals surface area contributed by atoms with Crippen molar-refractivity contribution >= 4 is 20.7 Å². The minimum absolute atomic E-state index is 0.161. The van der Waals surface area contributed by atoms with E-state index in [1.165, 1.54) is 23.6 Å². The van der Waals surface area contributed by atoms with Gasteiger partial charge in [0.25, 0.3) is 0 Å². The van der Waals surface area contributed by atoms with E-state index in [1.807, 2.05) is 6.07 Å². The van der Waals surface area contributed by atoms with Gasteiger partial charge in [-0.2, -0.15) is 0 Å². The molecular weight excluding hydrogens is 394 g/mol. The quantitative estimate of drug-likeness (QED) is 0.637. The monoisotopic (exact) mass is 418 g/mol. The van der Waals surface area contributed by atoms with Gasteiger partial charge in [-0.05, 0) is 47.4 Å². The van der Waals surface area contributed by atoms with E-state index < -0.39 is 21.5 Å². The Balaban J connectivity index is 1.64. The fraction of sp³-hybridized carbons (Fsp3) is 0.364. The van der Waals surface area contributed by atoms with Crippen molar-refractivity contribution in [3.8, 4) is 0 Å². The van der Waals surface area contributed by atoms with Crippen LogP contribution in [0.25, 0.3) is 10.9 Å². The van der Waals surface area contributed by atoms with E-state index in [-0.39, 0.29) is 5.75 Å². The van der Waals surface area contributed by atoms with Gasteiger partial charge in [-0.25, -0.2) is 17.2 Å². The molecule has 29 heavy (non-hydrogen) atoms. The van der Waals surface area contributed by atoms with Gasteiger partial charge in [-0.1, -0.05) is 12.1 Å². The number of sulfone groups is 1. The van der Waals surface area contributed by atoms with Crippen LogP contribution in [0.1, 0.15) is 22.4 Å². The molecule has 3 aromatic rings. The Kier molecular flexibility index (Phi) is 5.21. The smallest absolute Gasteiger partial charge is 0.159 e. The first-order chi connectivity index (χ1) is 13.7. The molecule has 0 saturated heterocycles. The lowest BCUT2D eigenvalue weighted by Gasteiger charge is -2.27. The van der Waals surface area contributed by atoms with Gasteiger partial charge in [0, 0.05) is 56.0 Å². The highest BCUT2D eigenvalue weighted by atomic mass is 32.2. The van der Waals surface area contributed by atoms with Crippen LogP contribution in [0, 0.1) is 11.6 Å². The first kappa shape index (κ1) is 20.0. The summed E-state index contributed by atoms with van der Waals surface area (Å²) < 4.78 is 52.0. The summed E-state index contributed by atoms with van der Waals surface area (Å²) in [5.74, 6) is -1.51. The second kappa shape index (κ2) is 7.54. The number of rotatable bonds is 5. The van der Waals surface area contributed by atoms with Crippen LogP contribution >= 0.6 is 0 Å². The van der Waals surface area contributed by atoms with Crippen molar-refractivity contribution in [3.63, 3.8) is 0 Å². The van der Waals surface area contributed by atoms with E-state index in [0.717, 1.165) is 47.6 Å². The third-order valence-corrected chi connectivity index (χ3v) is 6.64. The highest BCUT2D eigenvalue weighted by Crippen LogP contribution is 2.31. The summed E-state index contributed by atoms with van der Waals surface area (Å²) in [6.07, 6.45) is 2.67. The molecule has 0 aliphatic carbocycles. The molecule has 0 unspecified atom stereocenters. The van der Waals surface area contributed by atoms with E-state index in [4.69, 9.17) is 0 Å². The SMILES string of the molecule is Cn1c2c(c3cc(Cc4ccc(F)c(F)c4)ccc31)CN(CCS(C)(=O)=O)CC2. The van der Waals surface area contributed by atoms with Crippen LogP contribution in [0.3, 0.4) is 0 Å². The minimum atomic E-state index is -2.99. The Morgan fingerprint density at radius 1 is 1.03 bits per heavy atom. The number of halogens is 2. The molecule has 0 radical (unpaired) electrons. The number of nitrogens with zero attached hydrogens (tertiary/aromatic N) is 2. The summed E-state index contributed by atoms with van der Waals surface area (Å²) >= 11 is 0. The number of benzene rings is 2. The molecule has 0 fully saturated rings. The molecule has 0 bridgehead atoms. The summed E-state index contributed by atoms with van der Waals surface area (Å²) in [6, 6.07) is 10.2. The number of aryl methyl sites for hydroxylation is 1. The second-order valence-corrected chi connectivity index (χ2v) is 10.2. The van der Waals surface area contributed by atoms with E-state index in [2.05, 4.69) is 28.6 Å². The van der Waals surface area contributed by atoms with Crippen LogP contribution in [0.5, 0.6) is 0 Å². The standard InChI is InChI=1S/C22H24F2N2O2S/c1-25-21-6-4-15(11-16-3-5-19(23)20(24)13-16)12-17(21)18-14-26(8-7-22(18)25)9-10-29(2,27)28/h3-6,12-13H,7-11,14H2,1-2H3. The van der Waals surface area contributed by atoms with Crippen molar-refractivity contribution in [1.82, 2.24) is 9.47 Å². The van der Waals surface area contributed by atoms with Gasteiger partial charge in [-0.15, -0.1) is 0 Å². The summed E-state index contributed by atoms with van der Waals surface area (Å²) in [5, 5.41) is 1.15. The maximum atomic E-state index is 13.5. The summed E-state index contributed by atoms with van der Waals surface area (Å²) in [7, 11) is -0.932. The Bertz CT molecular complexity index is 1190. The molecule has 2 heterocycles. The number of hydrogen-bond donors (Lipinski definition) is 0. The molecule has 7 heteroatoms. The van der Waals surface area contributed by atoms with Crippen molar-refractivity contribution < 1.29 is 17.2 Å². The Labute approximate surface area is 169 Å². The normalized spacial score (nSPS) is 15.0. The second-order valence-electron chi connectivity index (χ2n) is 7.92. The topological polar surface area (TPSA) is 42.3 Å². The van der Waals surface area contributed by atoms with Gasteiger partial charge >= 0.3 is 0 Å². The molecule has 1 aliphatic heterocycles. The number of hydrogen-bond acceptors (Lipinski definition) is 3. The molecule has 0 spiro atoms. The van der Waals surface area contributed by atoms with Crippen molar-refractivity contribution in [2.75, 3.05) is 25.1 Å². The van der Waals surface area contributed by atoms with Gasteiger partial charge in [0.2, 0.25) is 0 Å². The van der Waals surface area contributed by atoms with Crippen LogP contribution in [0.4, 0.5) is 8.78 Å². The van der Waals surface area contributed by atoms with E-state index in [0.29, 0.717) is 13.0 Å².